The molecule has 0 spiro atoms. The molecule has 1 aromatic rings. The number of aromatic nitrogens is 2. The number of rotatable bonds is 4. The Morgan fingerprint density at radius 3 is 2.93 bits per heavy atom. The third kappa shape index (κ3) is 2.08. The van der Waals surface area contributed by atoms with Gasteiger partial charge in [-0.15, -0.1) is 0 Å². The summed E-state index contributed by atoms with van der Waals surface area (Å²) in [5.74, 6) is 1.72. The average molecular weight is 193 g/mol. The van der Waals surface area contributed by atoms with Crippen molar-refractivity contribution in [2.24, 2.45) is 5.92 Å². The first kappa shape index (κ1) is 9.56. The van der Waals surface area contributed by atoms with E-state index in [0.29, 0.717) is 12.0 Å². The third-order valence-electron chi connectivity index (χ3n) is 2.72. The Morgan fingerprint density at radius 2 is 2.36 bits per heavy atom. The predicted octanol–water partition coefficient (Wildman–Crippen LogP) is 2.50. The van der Waals surface area contributed by atoms with E-state index in [-0.39, 0.29) is 0 Å². The van der Waals surface area contributed by atoms with E-state index in [4.69, 9.17) is 0 Å². The first-order chi connectivity index (χ1) is 6.75. The van der Waals surface area contributed by atoms with Crippen molar-refractivity contribution < 1.29 is 0 Å². The van der Waals surface area contributed by atoms with Crippen molar-refractivity contribution in [1.29, 1.82) is 0 Å². The van der Waals surface area contributed by atoms with Crippen LogP contribution in [0.15, 0.2) is 12.4 Å². The van der Waals surface area contributed by atoms with Gasteiger partial charge in [0.15, 0.2) is 0 Å². The van der Waals surface area contributed by atoms with Gasteiger partial charge in [-0.25, -0.2) is 4.98 Å². The van der Waals surface area contributed by atoms with Gasteiger partial charge in [-0.2, -0.15) is 0 Å². The van der Waals surface area contributed by atoms with Gasteiger partial charge in [0.1, 0.15) is 0 Å². The van der Waals surface area contributed by atoms with Gasteiger partial charge < -0.3 is 9.88 Å². The van der Waals surface area contributed by atoms with Gasteiger partial charge in [0.25, 0.3) is 0 Å². The molecule has 1 N–H and O–H groups in total. The Morgan fingerprint density at radius 1 is 1.57 bits per heavy atom. The van der Waals surface area contributed by atoms with Gasteiger partial charge in [0.05, 0.1) is 0 Å². The molecule has 1 fully saturated rings. The molecule has 0 saturated heterocycles. The summed E-state index contributed by atoms with van der Waals surface area (Å²) in [6, 6.07) is 0.670. The maximum atomic E-state index is 4.34. The predicted molar refractivity (Wildman–Crippen MR) is 58.3 cm³/mol. The summed E-state index contributed by atoms with van der Waals surface area (Å²) in [4.78, 5) is 4.34. The molecule has 2 rings (SSSR count). The first-order valence-corrected chi connectivity index (χ1v) is 5.53. The lowest BCUT2D eigenvalue weighted by Gasteiger charge is -2.27. The molecule has 1 aliphatic carbocycles. The van der Waals surface area contributed by atoms with Crippen molar-refractivity contribution in [3.05, 3.63) is 12.4 Å². The number of nitrogens with zero attached hydrogens (tertiary/aromatic N) is 2. The summed E-state index contributed by atoms with van der Waals surface area (Å²) in [5.41, 5.74) is 0. The van der Waals surface area contributed by atoms with Crippen molar-refractivity contribution in [3.63, 3.8) is 0 Å². The molecule has 14 heavy (non-hydrogen) atoms. The molecule has 3 heteroatoms. The summed E-state index contributed by atoms with van der Waals surface area (Å²) in [5, 5.41) is 3.48. The van der Waals surface area contributed by atoms with Gasteiger partial charge >= 0.3 is 0 Å². The van der Waals surface area contributed by atoms with E-state index in [1.807, 2.05) is 6.20 Å². The van der Waals surface area contributed by atoms with Crippen molar-refractivity contribution in [2.75, 3.05) is 5.32 Å². The van der Waals surface area contributed by atoms with E-state index < -0.39 is 0 Å². The molecule has 0 amide bonds. The molecule has 78 valence electrons. The molecule has 0 bridgehead atoms. The van der Waals surface area contributed by atoms with Crippen LogP contribution in [0.1, 0.15) is 33.1 Å². The molecule has 0 radical (unpaired) electrons. The SMILES string of the molecule is CC(C)Cn1ccnc1NC1CCC1. The highest BCUT2D eigenvalue weighted by Gasteiger charge is 2.18. The van der Waals surface area contributed by atoms with Gasteiger partial charge in [-0.3, -0.25) is 0 Å². The van der Waals surface area contributed by atoms with Gasteiger partial charge in [0.2, 0.25) is 5.95 Å². The second-order valence-electron chi connectivity index (χ2n) is 4.57. The Bertz CT molecular complexity index is 286. The Hall–Kier alpha value is -0.990. The minimum atomic E-state index is 0.670. The fourth-order valence-corrected chi connectivity index (χ4v) is 1.73. The zero-order valence-electron chi connectivity index (χ0n) is 9.03. The number of hydrogen-bond donors (Lipinski definition) is 1. The van der Waals surface area contributed by atoms with Crippen molar-refractivity contribution >= 4 is 5.95 Å². The van der Waals surface area contributed by atoms with Crippen molar-refractivity contribution in [1.82, 2.24) is 9.55 Å². The van der Waals surface area contributed by atoms with Gasteiger partial charge in [0, 0.05) is 25.0 Å². The number of imidazole rings is 1. The quantitative estimate of drug-likeness (QED) is 0.796. The van der Waals surface area contributed by atoms with Crippen LogP contribution in [0.5, 0.6) is 0 Å². The van der Waals surface area contributed by atoms with E-state index in [2.05, 4.69) is 34.9 Å². The molecule has 3 nitrogen and oxygen atoms in total. The molecule has 1 aliphatic rings. The highest BCUT2D eigenvalue weighted by Crippen LogP contribution is 2.22. The lowest BCUT2D eigenvalue weighted by atomic mass is 9.93. The third-order valence-corrected chi connectivity index (χ3v) is 2.72. The summed E-state index contributed by atoms with van der Waals surface area (Å²) in [6.07, 6.45) is 7.90. The first-order valence-electron chi connectivity index (χ1n) is 5.53. The second-order valence-corrected chi connectivity index (χ2v) is 4.57. The monoisotopic (exact) mass is 193 g/mol. The van der Waals surface area contributed by atoms with E-state index in [9.17, 15) is 0 Å². The van der Waals surface area contributed by atoms with Gasteiger partial charge in [-0.1, -0.05) is 13.8 Å². The second kappa shape index (κ2) is 4.03. The molecule has 1 heterocycles. The topological polar surface area (TPSA) is 29.9 Å². The van der Waals surface area contributed by atoms with Crippen LogP contribution in [0.2, 0.25) is 0 Å². The van der Waals surface area contributed by atoms with Gasteiger partial charge in [-0.05, 0) is 25.2 Å². The van der Waals surface area contributed by atoms with Crippen LogP contribution in [0, 0.1) is 5.92 Å². The highest BCUT2D eigenvalue weighted by atomic mass is 15.2. The molecule has 1 aromatic heterocycles. The molecular weight excluding hydrogens is 174 g/mol. The zero-order valence-corrected chi connectivity index (χ0v) is 9.03. The largest absolute Gasteiger partial charge is 0.353 e. The molecule has 1 saturated carbocycles. The molecule has 0 atom stereocenters. The number of hydrogen-bond acceptors (Lipinski definition) is 2. The molecule has 0 unspecified atom stereocenters. The Kier molecular flexibility index (Phi) is 2.75. The zero-order chi connectivity index (χ0) is 9.97. The standard InChI is InChI=1S/C11H19N3/c1-9(2)8-14-7-6-12-11(14)13-10-4-3-5-10/h6-7,9-10H,3-5,8H2,1-2H3,(H,12,13). The lowest BCUT2D eigenvalue weighted by Crippen LogP contribution is -2.28. The van der Waals surface area contributed by atoms with Crippen LogP contribution in [0.4, 0.5) is 5.95 Å². The summed E-state index contributed by atoms with van der Waals surface area (Å²) >= 11 is 0. The summed E-state index contributed by atoms with van der Waals surface area (Å²) in [7, 11) is 0. The molecule has 0 aromatic carbocycles. The fourth-order valence-electron chi connectivity index (χ4n) is 1.73. The van der Waals surface area contributed by atoms with E-state index in [1.165, 1.54) is 19.3 Å². The maximum absolute atomic E-state index is 4.34. The Labute approximate surface area is 85.5 Å². The lowest BCUT2D eigenvalue weighted by molar-refractivity contribution is 0.437. The van der Waals surface area contributed by atoms with E-state index >= 15 is 0 Å². The van der Waals surface area contributed by atoms with Crippen molar-refractivity contribution in [2.45, 2.75) is 45.7 Å². The van der Waals surface area contributed by atoms with Crippen molar-refractivity contribution in [3.8, 4) is 0 Å². The van der Waals surface area contributed by atoms with Crippen LogP contribution in [-0.2, 0) is 6.54 Å². The number of nitrogens with one attached hydrogen (secondary N) is 1. The molecule has 0 aliphatic heterocycles. The summed E-state index contributed by atoms with van der Waals surface area (Å²) < 4.78 is 2.21. The van der Waals surface area contributed by atoms with Crippen LogP contribution in [-0.4, -0.2) is 15.6 Å². The highest BCUT2D eigenvalue weighted by molar-refractivity contribution is 5.28. The summed E-state index contributed by atoms with van der Waals surface area (Å²) in [6.45, 7) is 5.51. The fraction of sp³-hybridized carbons (Fsp3) is 0.727. The smallest absolute Gasteiger partial charge is 0.202 e. The van der Waals surface area contributed by atoms with E-state index in [0.717, 1.165) is 12.5 Å². The van der Waals surface area contributed by atoms with Crippen LogP contribution in [0.3, 0.4) is 0 Å². The van der Waals surface area contributed by atoms with Crippen LogP contribution < -0.4 is 5.32 Å². The van der Waals surface area contributed by atoms with Crippen LogP contribution in [0.25, 0.3) is 0 Å². The Balaban J connectivity index is 1.97. The minimum absolute atomic E-state index is 0.670. The molecular formula is C11H19N3. The normalized spacial score (nSPS) is 17.1. The van der Waals surface area contributed by atoms with Crippen LogP contribution >= 0.6 is 0 Å². The minimum Gasteiger partial charge on any atom is -0.353 e. The van der Waals surface area contributed by atoms with E-state index in [1.54, 1.807) is 0 Å². The maximum Gasteiger partial charge on any atom is 0.202 e. The average Bonchev–Trinajstić information content (AvgIpc) is 2.44. The number of anilines is 1.